The standard InChI is InChI=1S/C14H25BO3/c1-10-7-12(8-11(2)16-10)9-15-17-13(3,4)14(5,6)18-15/h9-11H,7-8H2,1-6H3/t10-,11+. The zero-order valence-corrected chi connectivity index (χ0v) is 12.4. The summed E-state index contributed by atoms with van der Waals surface area (Å²) in [4.78, 5) is 0. The van der Waals surface area contributed by atoms with E-state index < -0.39 is 0 Å². The van der Waals surface area contributed by atoms with Crippen molar-refractivity contribution in [3.63, 3.8) is 0 Å². The molecule has 2 fully saturated rings. The average molecular weight is 252 g/mol. The minimum absolute atomic E-state index is 0.220. The molecule has 0 aliphatic carbocycles. The van der Waals surface area contributed by atoms with Crippen LogP contribution in [0, 0.1) is 0 Å². The highest BCUT2D eigenvalue weighted by atomic mass is 16.7. The molecule has 0 bridgehead atoms. The van der Waals surface area contributed by atoms with Crippen LogP contribution in [0.2, 0.25) is 0 Å². The molecule has 0 spiro atoms. The fourth-order valence-corrected chi connectivity index (χ4v) is 2.60. The molecule has 2 aliphatic heterocycles. The SMILES string of the molecule is C[C@@H]1CC(=CB2OC(C)(C)C(C)(C)O2)C[C@H](C)O1. The molecule has 0 saturated carbocycles. The molecule has 2 aliphatic rings. The Kier molecular flexibility index (Phi) is 3.65. The van der Waals surface area contributed by atoms with Gasteiger partial charge in [0, 0.05) is 0 Å². The molecule has 3 nitrogen and oxygen atoms in total. The average Bonchev–Trinajstić information content (AvgIpc) is 2.31. The molecule has 4 heteroatoms. The molecular formula is C14H25BO3. The van der Waals surface area contributed by atoms with Crippen LogP contribution in [0.1, 0.15) is 54.4 Å². The maximum atomic E-state index is 6.00. The van der Waals surface area contributed by atoms with E-state index in [1.807, 2.05) is 0 Å². The first-order valence-electron chi connectivity index (χ1n) is 6.90. The van der Waals surface area contributed by atoms with Gasteiger partial charge in [-0.1, -0.05) is 11.5 Å². The Hall–Kier alpha value is -0.315. The van der Waals surface area contributed by atoms with Crippen LogP contribution in [0.4, 0.5) is 0 Å². The third-order valence-corrected chi connectivity index (χ3v) is 4.21. The molecule has 2 atom stereocenters. The van der Waals surface area contributed by atoms with Crippen LogP contribution >= 0.6 is 0 Å². The van der Waals surface area contributed by atoms with E-state index in [0.29, 0.717) is 12.2 Å². The number of ether oxygens (including phenoxy) is 1. The van der Waals surface area contributed by atoms with Gasteiger partial charge in [-0.15, -0.1) is 0 Å². The largest absolute Gasteiger partial charge is 0.487 e. The number of hydrogen-bond acceptors (Lipinski definition) is 3. The van der Waals surface area contributed by atoms with Crippen molar-refractivity contribution in [2.75, 3.05) is 0 Å². The predicted octanol–water partition coefficient (Wildman–Crippen LogP) is 3.13. The van der Waals surface area contributed by atoms with E-state index in [4.69, 9.17) is 14.0 Å². The third kappa shape index (κ3) is 2.81. The van der Waals surface area contributed by atoms with Gasteiger partial charge in [-0.25, -0.2) is 0 Å². The quantitative estimate of drug-likeness (QED) is 0.671. The molecule has 0 aromatic carbocycles. The molecule has 2 saturated heterocycles. The van der Waals surface area contributed by atoms with Crippen molar-refractivity contribution in [2.24, 2.45) is 0 Å². The molecule has 102 valence electrons. The second-order valence-electron chi connectivity index (χ2n) is 6.62. The van der Waals surface area contributed by atoms with Gasteiger partial charge in [-0.2, -0.15) is 0 Å². The van der Waals surface area contributed by atoms with Gasteiger partial charge >= 0.3 is 7.12 Å². The Balaban J connectivity index is 2.06. The first-order valence-corrected chi connectivity index (χ1v) is 6.90. The van der Waals surface area contributed by atoms with Crippen molar-refractivity contribution in [2.45, 2.75) is 77.8 Å². The Labute approximate surface area is 111 Å². The van der Waals surface area contributed by atoms with Crippen molar-refractivity contribution in [1.29, 1.82) is 0 Å². The predicted molar refractivity (Wildman–Crippen MR) is 73.4 cm³/mol. The maximum Gasteiger partial charge on any atom is 0.487 e. The summed E-state index contributed by atoms with van der Waals surface area (Å²) in [6, 6.07) is 0. The van der Waals surface area contributed by atoms with Crippen molar-refractivity contribution in [3.8, 4) is 0 Å². The molecular weight excluding hydrogens is 227 g/mol. The van der Waals surface area contributed by atoms with Gasteiger partial charge in [-0.3, -0.25) is 0 Å². The van der Waals surface area contributed by atoms with E-state index in [1.165, 1.54) is 5.57 Å². The van der Waals surface area contributed by atoms with Crippen LogP contribution in [0.15, 0.2) is 11.5 Å². The minimum Gasteiger partial charge on any atom is -0.400 e. The summed E-state index contributed by atoms with van der Waals surface area (Å²) < 4.78 is 17.7. The Morgan fingerprint density at radius 1 is 1.00 bits per heavy atom. The zero-order valence-electron chi connectivity index (χ0n) is 12.4. The normalized spacial score (nSPS) is 37.2. The molecule has 2 heterocycles. The van der Waals surface area contributed by atoms with Crippen molar-refractivity contribution < 1.29 is 14.0 Å². The summed E-state index contributed by atoms with van der Waals surface area (Å²) in [7, 11) is -0.220. The Morgan fingerprint density at radius 3 is 1.89 bits per heavy atom. The van der Waals surface area contributed by atoms with E-state index >= 15 is 0 Å². The number of hydrogen-bond donors (Lipinski definition) is 0. The topological polar surface area (TPSA) is 27.7 Å². The fraction of sp³-hybridized carbons (Fsp3) is 0.857. The molecule has 0 amide bonds. The van der Waals surface area contributed by atoms with E-state index in [1.54, 1.807) is 0 Å². The van der Waals surface area contributed by atoms with Gasteiger partial charge in [0.1, 0.15) is 0 Å². The lowest BCUT2D eigenvalue weighted by Crippen LogP contribution is -2.41. The van der Waals surface area contributed by atoms with Gasteiger partial charge in [0.05, 0.1) is 23.4 Å². The van der Waals surface area contributed by atoms with Crippen LogP contribution in [0.5, 0.6) is 0 Å². The molecule has 0 unspecified atom stereocenters. The summed E-state index contributed by atoms with van der Waals surface area (Å²) in [5.41, 5.74) is 0.883. The molecule has 0 N–H and O–H groups in total. The molecule has 0 radical (unpaired) electrons. The van der Waals surface area contributed by atoms with Crippen LogP contribution in [0.3, 0.4) is 0 Å². The number of rotatable bonds is 1. The molecule has 18 heavy (non-hydrogen) atoms. The third-order valence-electron chi connectivity index (χ3n) is 4.21. The summed E-state index contributed by atoms with van der Waals surface area (Å²) in [6.45, 7) is 12.6. The fourth-order valence-electron chi connectivity index (χ4n) is 2.60. The van der Waals surface area contributed by atoms with Crippen LogP contribution < -0.4 is 0 Å². The molecule has 0 aromatic rings. The smallest absolute Gasteiger partial charge is 0.400 e. The van der Waals surface area contributed by atoms with Crippen LogP contribution in [-0.2, 0) is 14.0 Å². The summed E-state index contributed by atoms with van der Waals surface area (Å²) in [5.74, 6) is 2.14. The lowest BCUT2D eigenvalue weighted by molar-refractivity contribution is -0.0103. The van der Waals surface area contributed by atoms with Gasteiger partial charge in [0.15, 0.2) is 0 Å². The van der Waals surface area contributed by atoms with Crippen molar-refractivity contribution in [3.05, 3.63) is 11.5 Å². The molecule has 2 rings (SSSR count). The Morgan fingerprint density at radius 2 is 1.44 bits per heavy atom. The van der Waals surface area contributed by atoms with Crippen molar-refractivity contribution in [1.82, 2.24) is 0 Å². The Bertz CT molecular complexity index is 321. The second kappa shape index (κ2) is 4.66. The summed E-state index contributed by atoms with van der Waals surface area (Å²) in [6.07, 6.45) is 2.55. The van der Waals surface area contributed by atoms with E-state index in [2.05, 4.69) is 47.5 Å². The highest BCUT2D eigenvalue weighted by Crippen LogP contribution is 2.37. The first-order chi connectivity index (χ1) is 8.19. The van der Waals surface area contributed by atoms with Crippen molar-refractivity contribution >= 4 is 7.12 Å². The van der Waals surface area contributed by atoms with Crippen LogP contribution in [0.25, 0.3) is 0 Å². The van der Waals surface area contributed by atoms with Gasteiger partial charge in [0.2, 0.25) is 0 Å². The minimum atomic E-state index is -0.253. The van der Waals surface area contributed by atoms with E-state index in [0.717, 1.165) is 12.8 Å². The lowest BCUT2D eigenvalue weighted by Gasteiger charge is -2.32. The maximum absolute atomic E-state index is 6.00. The van der Waals surface area contributed by atoms with Crippen LogP contribution in [-0.4, -0.2) is 30.5 Å². The summed E-state index contributed by atoms with van der Waals surface area (Å²) in [5, 5.41) is 0. The highest BCUT2D eigenvalue weighted by molar-refractivity contribution is 6.51. The van der Waals surface area contributed by atoms with Gasteiger partial charge in [-0.05, 0) is 54.4 Å². The second-order valence-corrected chi connectivity index (χ2v) is 6.62. The lowest BCUT2D eigenvalue weighted by atomic mass is 9.83. The zero-order chi connectivity index (χ0) is 13.6. The first kappa shape index (κ1) is 14.1. The summed E-state index contributed by atoms with van der Waals surface area (Å²) >= 11 is 0. The molecule has 0 aromatic heterocycles. The van der Waals surface area contributed by atoms with E-state index in [-0.39, 0.29) is 18.3 Å². The van der Waals surface area contributed by atoms with E-state index in [9.17, 15) is 0 Å². The monoisotopic (exact) mass is 252 g/mol. The van der Waals surface area contributed by atoms with Gasteiger partial charge < -0.3 is 14.0 Å². The highest BCUT2D eigenvalue weighted by Gasteiger charge is 2.50. The van der Waals surface area contributed by atoms with Gasteiger partial charge in [0.25, 0.3) is 0 Å².